The first-order valence-electron chi connectivity index (χ1n) is 8.10. The molecule has 0 aromatic heterocycles. The average Bonchev–Trinajstić information content (AvgIpc) is 2.77. The fourth-order valence-corrected chi connectivity index (χ4v) is 3.29. The Kier molecular flexibility index (Phi) is 7.11. The molecule has 1 heterocycles. The van der Waals surface area contributed by atoms with Crippen LogP contribution in [0, 0.1) is 6.92 Å². The van der Waals surface area contributed by atoms with Crippen LogP contribution in [0.5, 0.6) is 0 Å². The summed E-state index contributed by atoms with van der Waals surface area (Å²) in [5.41, 5.74) is 5.88. The van der Waals surface area contributed by atoms with E-state index >= 15 is 0 Å². The van der Waals surface area contributed by atoms with Crippen molar-refractivity contribution in [3.63, 3.8) is 0 Å². The van der Waals surface area contributed by atoms with Gasteiger partial charge in [-0.2, -0.15) is 0 Å². The van der Waals surface area contributed by atoms with Crippen LogP contribution in [-0.4, -0.2) is 41.5 Å². The third-order valence-corrected chi connectivity index (χ3v) is 4.98. The molecule has 7 heteroatoms. The van der Waals surface area contributed by atoms with Gasteiger partial charge in [0.25, 0.3) is 5.91 Å². The number of rotatable bonds is 5. The zero-order valence-corrected chi connectivity index (χ0v) is 14.7. The molecule has 1 aliphatic heterocycles. The zero-order chi connectivity index (χ0) is 17.4. The predicted octanol–water partition coefficient (Wildman–Crippen LogP) is 1.64. The summed E-state index contributed by atoms with van der Waals surface area (Å²) in [7, 11) is 0. The predicted molar refractivity (Wildman–Crippen MR) is 93.2 cm³/mol. The second kappa shape index (κ2) is 9.32. The number of hydrazine groups is 1. The fraction of sp³-hybridized carbons (Fsp3) is 0.471. The van der Waals surface area contributed by atoms with Gasteiger partial charge < -0.3 is 4.90 Å². The van der Waals surface area contributed by atoms with Crippen molar-refractivity contribution in [2.75, 3.05) is 18.8 Å². The summed E-state index contributed by atoms with van der Waals surface area (Å²) in [5.74, 6) is -0.435. The van der Waals surface area contributed by atoms with E-state index in [-0.39, 0.29) is 30.0 Å². The molecule has 0 saturated carbocycles. The number of aryl methyl sites for hydroxylation is 1. The summed E-state index contributed by atoms with van der Waals surface area (Å²) in [6, 6.07) is 7.81. The van der Waals surface area contributed by atoms with Gasteiger partial charge in [0.2, 0.25) is 11.8 Å². The molecule has 0 radical (unpaired) electrons. The highest BCUT2D eigenvalue weighted by Gasteiger charge is 2.19. The number of nitrogens with zero attached hydrogens (tertiary/aromatic N) is 1. The molecule has 0 spiro atoms. The van der Waals surface area contributed by atoms with E-state index in [1.165, 1.54) is 11.8 Å². The van der Waals surface area contributed by atoms with E-state index in [4.69, 9.17) is 0 Å². The Morgan fingerprint density at radius 1 is 1.12 bits per heavy atom. The second-order valence-electron chi connectivity index (χ2n) is 5.78. The minimum absolute atomic E-state index is 0.00378. The third kappa shape index (κ3) is 5.88. The first kappa shape index (κ1) is 18.3. The minimum atomic E-state index is -0.375. The lowest BCUT2D eigenvalue weighted by molar-refractivity contribution is -0.136. The van der Waals surface area contributed by atoms with E-state index < -0.39 is 0 Å². The molecule has 24 heavy (non-hydrogen) atoms. The number of amides is 3. The van der Waals surface area contributed by atoms with Gasteiger partial charge in [0.05, 0.1) is 5.75 Å². The van der Waals surface area contributed by atoms with Crippen LogP contribution < -0.4 is 10.9 Å². The maximum atomic E-state index is 11.9. The van der Waals surface area contributed by atoms with Gasteiger partial charge in [0.1, 0.15) is 6.54 Å². The van der Waals surface area contributed by atoms with Crippen molar-refractivity contribution in [3.05, 3.63) is 29.8 Å². The maximum absolute atomic E-state index is 11.9. The lowest BCUT2D eigenvalue weighted by atomic mass is 10.2. The number of benzene rings is 1. The van der Waals surface area contributed by atoms with Gasteiger partial charge >= 0.3 is 0 Å². The number of thioether (sulfide) groups is 1. The van der Waals surface area contributed by atoms with Gasteiger partial charge in [-0.05, 0) is 31.4 Å². The van der Waals surface area contributed by atoms with Crippen molar-refractivity contribution in [2.45, 2.75) is 37.5 Å². The molecule has 0 unspecified atom stereocenters. The molecule has 1 aromatic rings. The molecule has 2 N–H and O–H groups in total. The molecule has 0 atom stereocenters. The SMILES string of the molecule is Cc1ccccc1SCC(=O)NNC(=O)CN1CCCCCC1=O. The van der Waals surface area contributed by atoms with Crippen LogP contribution in [0.25, 0.3) is 0 Å². The molecule has 1 saturated heterocycles. The van der Waals surface area contributed by atoms with Gasteiger partial charge in [-0.15, -0.1) is 11.8 Å². The topological polar surface area (TPSA) is 78.5 Å². The number of hydrogen-bond donors (Lipinski definition) is 2. The molecule has 2 rings (SSSR count). The van der Waals surface area contributed by atoms with Crippen LogP contribution in [0.1, 0.15) is 31.2 Å². The van der Waals surface area contributed by atoms with Gasteiger partial charge in [-0.3, -0.25) is 25.2 Å². The van der Waals surface area contributed by atoms with Gasteiger partial charge in [0, 0.05) is 17.9 Å². The molecular weight excluding hydrogens is 326 g/mol. The minimum Gasteiger partial charge on any atom is -0.333 e. The number of carbonyl (C=O) groups excluding carboxylic acids is 3. The molecule has 130 valence electrons. The molecule has 1 aliphatic rings. The Balaban J connectivity index is 1.70. The molecular formula is C17H23N3O3S. The number of likely N-dealkylation sites (tertiary alicyclic amines) is 1. The fourth-order valence-electron chi connectivity index (χ4n) is 2.46. The summed E-state index contributed by atoms with van der Waals surface area (Å²) >= 11 is 1.42. The van der Waals surface area contributed by atoms with Crippen molar-refractivity contribution in [2.24, 2.45) is 0 Å². The smallest absolute Gasteiger partial charge is 0.257 e. The number of carbonyl (C=O) groups is 3. The quantitative estimate of drug-likeness (QED) is 0.626. The Morgan fingerprint density at radius 2 is 1.88 bits per heavy atom. The molecule has 0 aliphatic carbocycles. The Morgan fingerprint density at radius 3 is 2.67 bits per heavy atom. The molecule has 1 aromatic carbocycles. The largest absolute Gasteiger partial charge is 0.333 e. The summed E-state index contributed by atoms with van der Waals surface area (Å²) in [4.78, 5) is 38.1. The van der Waals surface area contributed by atoms with E-state index in [9.17, 15) is 14.4 Å². The third-order valence-electron chi connectivity index (χ3n) is 3.80. The van der Waals surface area contributed by atoms with Crippen LogP contribution in [0.2, 0.25) is 0 Å². The number of hydrogen-bond acceptors (Lipinski definition) is 4. The van der Waals surface area contributed by atoms with E-state index in [1.54, 1.807) is 4.90 Å². The molecule has 6 nitrogen and oxygen atoms in total. The standard InChI is InChI=1S/C17H23N3O3S/c1-13-7-4-5-8-14(13)24-12-16(22)19-18-15(21)11-20-10-6-2-3-9-17(20)23/h4-5,7-8H,2-3,6,9-12H2,1H3,(H,18,21)(H,19,22). The van der Waals surface area contributed by atoms with Crippen molar-refractivity contribution >= 4 is 29.5 Å². The van der Waals surface area contributed by atoms with E-state index in [2.05, 4.69) is 10.9 Å². The van der Waals surface area contributed by atoms with Crippen molar-refractivity contribution in [1.29, 1.82) is 0 Å². The van der Waals surface area contributed by atoms with Crippen molar-refractivity contribution in [1.82, 2.24) is 15.8 Å². The lowest BCUT2D eigenvalue weighted by Crippen LogP contribution is -2.48. The van der Waals surface area contributed by atoms with E-state index in [0.717, 1.165) is 29.7 Å². The molecule has 3 amide bonds. The first-order valence-corrected chi connectivity index (χ1v) is 9.08. The molecule has 1 fully saturated rings. The van der Waals surface area contributed by atoms with Crippen LogP contribution in [0.3, 0.4) is 0 Å². The van der Waals surface area contributed by atoms with Crippen LogP contribution >= 0.6 is 11.8 Å². The Labute approximate surface area is 146 Å². The Hall–Kier alpha value is -2.02. The van der Waals surface area contributed by atoms with Crippen molar-refractivity contribution < 1.29 is 14.4 Å². The monoisotopic (exact) mass is 349 g/mol. The normalized spacial score (nSPS) is 14.9. The average molecular weight is 349 g/mol. The van der Waals surface area contributed by atoms with Crippen molar-refractivity contribution in [3.8, 4) is 0 Å². The highest BCUT2D eigenvalue weighted by atomic mass is 32.2. The number of nitrogens with one attached hydrogen (secondary N) is 2. The first-order chi connectivity index (χ1) is 11.6. The van der Waals surface area contributed by atoms with Crippen LogP contribution in [0.15, 0.2) is 29.2 Å². The van der Waals surface area contributed by atoms with Crippen LogP contribution in [-0.2, 0) is 14.4 Å². The second-order valence-corrected chi connectivity index (χ2v) is 6.79. The zero-order valence-electron chi connectivity index (χ0n) is 13.8. The summed E-state index contributed by atoms with van der Waals surface area (Å²) in [5, 5.41) is 0. The van der Waals surface area contributed by atoms with E-state index in [0.29, 0.717) is 13.0 Å². The highest BCUT2D eigenvalue weighted by Crippen LogP contribution is 2.21. The van der Waals surface area contributed by atoms with Crippen LogP contribution in [0.4, 0.5) is 0 Å². The molecule has 0 bridgehead atoms. The van der Waals surface area contributed by atoms with E-state index in [1.807, 2.05) is 31.2 Å². The summed E-state index contributed by atoms with van der Waals surface area (Å²) in [6.07, 6.45) is 3.30. The maximum Gasteiger partial charge on any atom is 0.257 e. The lowest BCUT2D eigenvalue weighted by Gasteiger charge is -2.19. The Bertz CT molecular complexity index is 606. The summed E-state index contributed by atoms with van der Waals surface area (Å²) in [6.45, 7) is 2.58. The van der Waals surface area contributed by atoms with Gasteiger partial charge in [0.15, 0.2) is 0 Å². The highest BCUT2D eigenvalue weighted by molar-refractivity contribution is 8.00. The van der Waals surface area contributed by atoms with Gasteiger partial charge in [-0.25, -0.2) is 0 Å². The van der Waals surface area contributed by atoms with Gasteiger partial charge in [-0.1, -0.05) is 24.6 Å². The summed E-state index contributed by atoms with van der Waals surface area (Å²) < 4.78 is 0.